The lowest BCUT2D eigenvalue weighted by Gasteiger charge is -2.20. The van der Waals surface area contributed by atoms with Gasteiger partial charge in [0.25, 0.3) is 0 Å². The minimum absolute atomic E-state index is 0.365. The van der Waals surface area contributed by atoms with Crippen LogP contribution in [0.4, 0.5) is 0 Å². The molecule has 0 N–H and O–H groups in total. The Bertz CT molecular complexity index is 514. The van der Waals surface area contributed by atoms with E-state index in [1.54, 1.807) is 19.1 Å². The zero-order valence-electron chi connectivity index (χ0n) is 10.6. The van der Waals surface area contributed by atoms with Crippen molar-refractivity contribution in [3.8, 4) is 0 Å². The molecule has 1 aromatic carbocycles. The van der Waals surface area contributed by atoms with Crippen LogP contribution in [0.15, 0.2) is 42.2 Å². The Hall–Kier alpha value is -1.31. The van der Waals surface area contributed by atoms with E-state index in [9.17, 15) is 4.57 Å². The molecular weight excluding hydrogens is 247 g/mol. The Morgan fingerprint density at radius 2 is 1.94 bits per heavy atom. The first-order chi connectivity index (χ1) is 8.67. The van der Waals surface area contributed by atoms with Gasteiger partial charge < -0.3 is 4.52 Å². The highest BCUT2D eigenvalue weighted by molar-refractivity contribution is 7.57. The fourth-order valence-electron chi connectivity index (χ4n) is 1.74. The Balaban J connectivity index is 2.21. The number of aryl methyl sites for hydroxylation is 1. The monoisotopic (exact) mass is 264 g/mol. The number of benzene rings is 1. The molecule has 18 heavy (non-hydrogen) atoms. The topological polar surface area (TPSA) is 35.5 Å². The standard InChI is InChI=1S/C14H17O3P/c1-3-12-7-9-13(10-8-12)14-6-5-11-18(15,17-14)16-4-2/h5-11H,3-4H2,1-2H3. The second-order valence-electron chi connectivity index (χ2n) is 3.97. The van der Waals surface area contributed by atoms with Crippen LogP contribution >= 0.6 is 7.60 Å². The van der Waals surface area contributed by atoms with Crippen molar-refractivity contribution in [3.63, 3.8) is 0 Å². The lowest BCUT2D eigenvalue weighted by Crippen LogP contribution is -1.97. The molecule has 0 saturated heterocycles. The summed E-state index contributed by atoms with van der Waals surface area (Å²) in [6, 6.07) is 8.03. The molecule has 1 aliphatic heterocycles. The summed E-state index contributed by atoms with van der Waals surface area (Å²) in [7, 11) is -3.10. The average Bonchev–Trinajstić information content (AvgIpc) is 2.39. The number of rotatable bonds is 4. The lowest BCUT2D eigenvalue weighted by molar-refractivity contribution is 0.278. The summed E-state index contributed by atoms with van der Waals surface area (Å²) < 4.78 is 22.8. The lowest BCUT2D eigenvalue weighted by atomic mass is 10.1. The van der Waals surface area contributed by atoms with Gasteiger partial charge in [-0.05, 0) is 31.1 Å². The van der Waals surface area contributed by atoms with Gasteiger partial charge in [-0.15, -0.1) is 0 Å². The summed E-state index contributed by atoms with van der Waals surface area (Å²) in [4.78, 5) is 0. The minimum atomic E-state index is -3.10. The van der Waals surface area contributed by atoms with Gasteiger partial charge in [-0.1, -0.05) is 31.2 Å². The molecule has 0 aliphatic carbocycles. The molecule has 2 rings (SSSR count). The summed E-state index contributed by atoms with van der Waals surface area (Å²) in [5, 5.41) is 0. The van der Waals surface area contributed by atoms with Crippen molar-refractivity contribution < 1.29 is 13.6 Å². The molecule has 0 saturated carbocycles. The summed E-state index contributed by atoms with van der Waals surface area (Å²) in [5.74, 6) is 2.08. The first kappa shape index (κ1) is 13.1. The molecule has 0 amide bonds. The highest BCUT2D eigenvalue weighted by Gasteiger charge is 2.25. The van der Waals surface area contributed by atoms with Crippen molar-refractivity contribution in [2.45, 2.75) is 20.3 Å². The van der Waals surface area contributed by atoms with E-state index in [0.29, 0.717) is 12.4 Å². The van der Waals surface area contributed by atoms with Gasteiger partial charge in [0.2, 0.25) is 0 Å². The van der Waals surface area contributed by atoms with Crippen molar-refractivity contribution in [3.05, 3.63) is 53.4 Å². The second-order valence-corrected chi connectivity index (χ2v) is 5.79. The van der Waals surface area contributed by atoms with Gasteiger partial charge in [-0.3, -0.25) is 4.52 Å². The largest absolute Gasteiger partial charge is 0.421 e. The SMILES string of the molecule is CCOP1(=O)C=CC=C(c2ccc(CC)cc2)O1. The average molecular weight is 264 g/mol. The van der Waals surface area contributed by atoms with Gasteiger partial charge in [0, 0.05) is 11.4 Å². The van der Waals surface area contributed by atoms with E-state index >= 15 is 0 Å². The van der Waals surface area contributed by atoms with E-state index in [0.717, 1.165) is 12.0 Å². The van der Waals surface area contributed by atoms with Crippen LogP contribution in [0.5, 0.6) is 0 Å². The van der Waals surface area contributed by atoms with Crippen molar-refractivity contribution >= 4 is 13.4 Å². The minimum Gasteiger partial charge on any atom is -0.421 e. The summed E-state index contributed by atoms with van der Waals surface area (Å²) in [5.41, 5.74) is 2.18. The van der Waals surface area contributed by atoms with E-state index in [2.05, 4.69) is 6.92 Å². The smallest absolute Gasteiger partial charge is 0.403 e. The first-order valence-corrected chi connectivity index (χ1v) is 7.71. The second kappa shape index (κ2) is 5.55. The van der Waals surface area contributed by atoms with Crippen LogP contribution in [-0.4, -0.2) is 6.61 Å². The van der Waals surface area contributed by atoms with Gasteiger partial charge >= 0.3 is 7.60 Å². The maximum atomic E-state index is 12.2. The van der Waals surface area contributed by atoms with Crippen molar-refractivity contribution in [2.24, 2.45) is 0 Å². The molecule has 4 heteroatoms. The molecule has 0 spiro atoms. The summed E-state index contributed by atoms with van der Waals surface area (Å²) >= 11 is 0. The Morgan fingerprint density at radius 3 is 2.56 bits per heavy atom. The number of allylic oxidation sites excluding steroid dienone is 2. The fraction of sp³-hybridized carbons (Fsp3) is 0.286. The first-order valence-electron chi connectivity index (χ1n) is 6.09. The molecule has 1 aliphatic rings. The van der Waals surface area contributed by atoms with Crippen molar-refractivity contribution in [1.29, 1.82) is 0 Å². The molecule has 0 fully saturated rings. The highest BCUT2D eigenvalue weighted by Crippen LogP contribution is 2.55. The normalized spacial score (nSPS) is 22.4. The third kappa shape index (κ3) is 2.92. The van der Waals surface area contributed by atoms with Crippen LogP contribution in [0.2, 0.25) is 0 Å². The number of hydrogen-bond donors (Lipinski definition) is 0. The quantitative estimate of drug-likeness (QED) is 0.758. The predicted octanol–water partition coefficient (Wildman–Crippen LogP) is 4.36. The van der Waals surface area contributed by atoms with Crippen LogP contribution in [0.1, 0.15) is 25.0 Å². The van der Waals surface area contributed by atoms with Gasteiger partial charge in [-0.2, -0.15) is 0 Å². The molecule has 0 aromatic heterocycles. The van der Waals surface area contributed by atoms with E-state index < -0.39 is 7.60 Å². The Labute approximate surface area is 108 Å². The van der Waals surface area contributed by atoms with Crippen LogP contribution in [0.25, 0.3) is 5.76 Å². The van der Waals surface area contributed by atoms with Gasteiger partial charge in [0.1, 0.15) is 5.76 Å². The summed E-state index contributed by atoms with van der Waals surface area (Å²) in [6.07, 6.45) is 4.52. The van der Waals surface area contributed by atoms with Gasteiger partial charge in [0.15, 0.2) is 0 Å². The molecule has 0 radical (unpaired) electrons. The third-order valence-corrected chi connectivity index (χ3v) is 4.30. The Morgan fingerprint density at radius 1 is 1.22 bits per heavy atom. The molecule has 1 aromatic rings. The van der Waals surface area contributed by atoms with Gasteiger partial charge in [-0.25, -0.2) is 4.57 Å². The van der Waals surface area contributed by atoms with E-state index in [4.69, 9.17) is 9.05 Å². The molecule has 1 heterocycles. The number of hydrogen-bond acceptors (Lipinski definition) is 3. The van der Waals surface area contributed by atoms with Crippen LogP contribution < -0.4 is 0 Å². The fourth-order valence-corrected chi connectivity index (χ4v) is 3.03. The molecule has 1 atom stereocenters. The predicted molar refractivity (Wildman–Crippen MR) is 73.3 cm³/mol. The Kier molecular flexibility index (Phi) is 4.05. The molecule has 3 nitrogen and oxygen atoms in total. The van der Waals surface area contributed by atoms with E-state index in [1.807, 2.05) is 24.3 Å². The van der Waals surface area contributed by atoms with Crippen LogP contribution in [-0.2, 0) is 20.0 Å². The maximum Gasteiger partial charge on any atom is 0.403 e. The highest BCUT2D eigenvalue weighted by atomic mass is 31.2. The zero-order chi connectivity index (χ0) is 13.0. The molecule has 96 valence electrons. The molecule has 1 unspecified atom stereocenters. The van der Waals surface area contributed by atoms with Crippen LogP contribution in [0.3, 0.4) is 0 Å². The third-order valence-electron chi connectivity index (χ3n) is 2.70. The maximum absolute atomic E-state index is 12.2. The van der Waals surface area contributed by atoms with E-state index in [1.165, 1.54) is 11.4 Å². The molecule has 0 bridgehead atoms. The van der Waals surface area contributed by atoms with Crippen molar-refractivity contribution in [2.75, 3.05) is 6.61 Å². The van der Waals surface area contributed by atoms with Gasteiger partial charge in [0.05, 0.1) is 6.61 Å². The molecular formula is C14H17O3P. The zero-order valence-corrected chi connectivity index (χ0v) is 11.5. The van der Waals surface area contributed by atoms with Crippen molar-refractivity contribution in [1.82, 2.24) is 0 Å². The van der Waals surface area contributed by atoms with E-state index in [-0.39, 0.29) is 0 Å². The summed E-state index contributed by atoms with van der Waals surface area (Å²) in [6.45, 7) is 4.27. The van der Waals surface area contributed by atoms with Crippen LogP contribution in [0, 0.1) is 0 Å².